The summed E-state index contributed by atoms with van der Waals surface area (Å²) in [6.45, 7) is 0. The fourth-order valence-electron chi connectivity index (χ4n) is 2.00. The van der Waals surface area contributed by atoms with Gasteiger partial charge in [0.05, 0.1) is 16.6 Å². The molecule has 0 fully saturated rings. The van der Waals surface area contributed by atoms with Gasteiger partial charge < -0.3 is 10.1 Å². The molecule has 0 atom stereocenters. The molecule has 2 N–H and O–H groups in total. The number of H-pyrrole nitrogens is 1. The molecule has 94 valence electrons. The summed E-state index contributed by atoms with van der Waals surface area (Å²) in [5.41, 5.74) is 1.16. The SMILES string of the molecule is O=c1c2ccccc2[nH]c(=S)n1-c1ccc(O)cc1. The normalized spacial score (nSPS) is 10.7. The summed E-state index contributed by atoms with van der Waals surface area (Å²) >= 11 is 5.23. The van der Waals surface area contributed by atoms with Crippen molar-refractivity contribution in [1.82, 2.24) is 9.55 Å². The minimum atomic E-state index is -0.176. The van der Waals surface area contributed by atoms with Gasteiger partial charge in [0.1, 0.15) is 5.75 Å². The molecule has 1 heterocycles. The zero-order valence-electron chi connectivity index (χ0n) is 9.83. The van der Waals surface area contributed by atoms with Crippen molar-refractivity contribution < 1.29 is 5.11 Å². The Bertz CT molecular complexity index is 863. The van der Waals surface area contributed by atoms with Gasteiger partial charge in [-0.2, -0.15) is 0 Å². The Kier molecular flexibility index (Phi) is 2.68. The molecule has 0 amide bonds. The molecular formula is C14H10N2O2S. The number of aromatic hydroxyl groups is 1. The van der Waals surface area contributed by atoms with Crippen LogP contribution in [0.15, 0.2) is 53.3 Å². The zero-order valence-corrected chi connectivity index (χ0v) is 10.6. The number of hydrogen-bond donors (Lipinski definition) is 2. The summed E-state index contributed by atoms with van der Waals surface area (Å²) in [6.07, 6.45) is 0. The Morgan fingerprint density at radius 1 is 1.05 bits per heavy atom. The Balaban J connectivity index is 2.39. The highest BCUT2D eigenvalue weighted by Crippen LogP contribution is 2.14. The van der Waals surface area contributed by atoms with Crippen molar-refractivity contribution in [2.24, 2.45) is 0 Å². The van der Waals surface area contributed by atoms with Crippen LogP contribution in [0, 0.1) is 4.77 Å². The monoisotopic (exact) mass is 270 g/mol. The molecule has 0 radical (unpaired) electrons. The number of para-hydroxylation sites is 1. The second kappa shape index (κ2) is 4.37. The van der Waals surface area contributed by atoms with Crippen LogP contribution in [0.1, 0.15) is 0 Å². The van der Waals surface area contributed by atoms with E-state index in [-0.39, 0.29) is 11.3 Å². The van der Waals surface area contributed by atoms with Crippen LogP contribution in [0.4, 0.5) is 0 Å². The van der Waals surface area contributed by atoms with E-state index in [1.54, 1.807) is 18.2 Å². The van der Waals surface area contributed by atoms with Gasteiger partial charge in [-0.05, 0) is 48.6 Å². The van der Waals surface area contributed by atoms with Crippen molar-refractivity contribution in [1.29, 1.82) is 0 Å². The van der Waals surface area contributed by atoms with Crippen LogP contribution >= 0.6 is 12.2 Å². The average Bonchev–Trinajstić information content (AvgIpc) is 2.41. The Labute approximate surface area is 113 Å². The van der Waals surface area contributed by atoms with Gasteiger partial charge in [-0.25, -0.2) is 0 Å². The molecule has 1 aromatic heterocycles. The van der Waals surface area contributed by atoms with Crippen molar-refractivity contribution in [2.75, 3.05) is 0 Å². The van der Waals surface area contributed by atoms with Crippen molar-refractivity contribution in [3.8, 4) is 11.4 Å². The largest absolute Gasteiger partial charge is 0.508 e. The lowest BCUT2D eigenvalue weighted by Gasteiger charge is -2.07. The van der Waals surface area contributed by atoms with Gasteiger partial charge in [0.15, 0.2) is 4.77 Å². The highest BCUT2D eigenvalue weighted by Gasteiger charge is 2.06. The molecule has 2 aromatic carbocycles. The van der Waals surface area contributed by atoms with Crippen molar-refractivity contribution in [3.05, 3.63) is 63.7 Å². The first-order chi connectivity index (χ1) is 9.16. The number of aromatic nitrogens is 2. The fraction of sp³-hybridized carbons (Fsp3) is 0. The third-order valence-corrected chi connectivity index (χ3v) is 3.20. The van der Waals surface area contributed by atoms with E-state index < -0.39 is 0 Å². The molecule has 4 nitrogen and oxygen atoms in total. The topological polar surface area (TPSA) is 58.0 Å². The van der Waals surface area contributed by atoms with Gasteiger partial charge in [0, 0.05) is 0 Å². The second-order valence-electron chi connectivity index (χ2n) is 4.13. The molecule has 0 aliphatic heterocycles. The van der Waals surface area contributed by atoms with E-state index >= 15 is 0 Å². The number of hydrogen-bond acceptors (Lipinski definition) is 3. The van der Waals surface area contributed by atoms with E-state index in [4.69, 9.17) is 12.2 Å². The van der Waals surface area contributed by atoms with Gasteiger partial charge in [0.2, 0.25) is 0 Å². The van der Waals surface area contributed by atoms with Crippen LogP contribution in [0.5, 0.6) is 5.75 Å². The summed E-state index contributed by atoms with van der Waals surface area (Å²) in [6, 6.07) is 13.6. The summed E-state index contributed by atoms with van der Waals surface area (Å²) in [5, 5.41) is 9.87. The van der Waals surface area contributed by atoms with Crippen molar-refractivity contribution in [2.45, 2.75) is 0 Å². The Morgan fingerprint density at radius 2 is 1.74 bits per heavy atom. The van der Waals surface area contributed by atoms with E-state index in [1.807, 2.05) is 18.2 Å². The number of nitrogens with one attached hydrogen (secondary N) is 1. The third kappa shape index (κ3) is 1.94. The van der Waals surface area contributed by atoms with Crippen LogP contribution in [-0.4, -0.2) is 14.7 Å². The van der Waals surface area contributed by atoms with Gasteiger partial charge in [-0.15, -0.1) is 0 Å². The molecule has 3 rings (SSSR count). The number of nitrogens with zero attached hydrogens (tertiary/aromatic N) is 1. The number of rotatable bonds is 1. The first-order valence-electron chi connectivity index (χ1n) is 5.70. The maximum Gasteiger partial charge on any atom is 0.266 e. The quantitative estimate of drug-likeness (QED) is 0.668. The maximum atomic E-state index is 12.4. The molecule has 0 bridgehead atoms. The molecule has 3 aromatic rings. The number of phenolic OH excluding ortho intramolecular Hbond substituents is 1. The van der Waals surface area contributed by atoms with Crippen LogP contribution in [0.25, 0.3) is 16.6 Å². The third-order valence-electron chi connectivity index (χ3n) is 2.91. The highest BCUT2D eigenvalue weighted by molar-refractivity contribution is 7.71. The standard InChI is InChI=1S/C14H10N2O2S/c17-10-7-5-9(6-8-10)16-13(18)11-3-1-2-4-12(11)15-14(16)19/h1-8,17H,(H,15,19). The molecule has 0 saturated heterocycles. The molecule has 0 aliphatic rings. The number of benzene rings is 2. The van der Waals surface area contributed by atoms with Gasteiger partial charge in [0.25, 0.3) is 5.56 Å². The first kappa shape index (κ1) is 11.7. The lowest BCUT2D eigenvalue weighted by Crippen LogP contribution is -2.20. The van der Waals surface area contributed by atoms with Crippen LogP contribution in [-0.2, 0) is 0 Å². The van der Waals surface area contributed by atoms with Gasteiger partial charge >= 0.3 is 0 Å². The summed E-state index contributed by atoms with van der Waals surface area (Å²) in [7, 11) is 0. The van der Waals surface area contributed by atoms with Crippen LogP contribution in [0.2, 0.25) is 0 Å². The Morgan fingerprint density at radius 3 is 2.47 bits per heavy atom. The number of fused-ring (bicyclic) bond motifs is 1. The first-order valence-corrected chi connectivity index (χ1v) is 6.11. The van der Waals surface area contributed by atoms with Gasteiger partial charge in [-0.1, -0.05) is 12.1 Å². The minimum absolute atomic E-state index is 0.146. The summed E-state index contributed by atoms with van der Waals surface area (Å²) in [5.74, 6) is 0.146. The van der Waals surface area contributed by atoms with E-state index in [2.05, 4.69) is 4.98 Å². The summed E-state index contributed by atoms with van der Waals surface area (Å²) < 4.78 is 1.74. The molecular weight excluding hydrogens is 260 g/mol. The van der Waals surface area contributed by atoms with E-state index in [1.165, 1.54) is 16.7 Å². The van der Waals surface area contributed by atoms with Crippen LogP contribution < -0.4 is 5.56 Å². The number of aromatic amines is 1. The Hall–Kier alpha value is -2.40. The van der Waals surface area contributed by atoms with Crippen molar-refractivity contribution >= 4 is 23.1 Å². The molecule has 0 saturated carbocycles. The maximum absolute atomic E-state index is 12.4. The zero-order chi connectivity index (χ0) is 13.4. The second-order valence-corrected chi connectivity index (χ2v) is 4.52. The molecule has 19 heavy (non-hydrogen) atoms. The minimum Gasteiger partial charge on any atom is -0.508 e. The molecule has 0 unspecified atom stereocenters. The molecule has 5 heteroatoms. The predicted molar refractivity (Wildman–Crippen MR) is 76.4 cm³/mol. The fourth-order valence-corrected chi connectivity index (χ4v) is 2.30. The summed E-state index contributed by atoms with van der Waals surface area (Å²) in [4.78, 5) is 15.5. The predicted octanol–water partition coefficient (Wildman–Crippen LogP) is 2.75. The van der Waals surface area contributed by atoms with Crippen LogP contribution in [0.3, 0.4) is 0 Å². The smallest absolute Gasteiger partial charge is 0.266 e. The van der Waals surface area contributed by atoms with Crippen molar-refractivity contribution in [3.63, 3.8) is 0 Å². The molecule has 0 spiro atoms. The van der Waals surface area contributed by atoms with Gasteiger partial charge in [-0.3, -0.25) is 9.36 Å². The lowest BCUT2D eigenvalue weighted by molar-refractivity contribution is 0.475. The van der Waals surface area contributed by atoms with E-state index in [0.29, 0.717) is 21.4 Å². The molecule has 0 aliphatic carbocycles. The van der Waals surface area contributed by atoms with E-state index in [0.717, 1.165) is 0 Å². The highest BCUT2D eigenvalue weighted by atomic mass is 32.1. The number of phenols is 1. The van der Waals surface area contributed by atoms with E-state index in [9.17, 15) is 9.90 Å². The average molecular weight is 270 g/mol. The lowest BCUT2D eigenvalue weighted by atomic mass is 10.2.